The zero-order valence-electron chi connectivity index (χ0n) is 6.84. The highest BCUT2D eigenvalue weighted by Gasteiger charge is 2.04. The fraction of sp³-hybridized carbons (Fsp3) is 0.375. The van der Waals surface area contributed by atoms with Crippen LogP contribution in [-0.2, 0) is 0 Å². The van der Waals surface area contributed by atoms with Gasteiger partial charge in [0.05, 0.1) is 0 Å². The van der Waals surface area contributed by atoms with Crippen molar-refractivity contribution < 1.29 is 13.5 Å². The normalized spacial score (nSPS) is 10.4. The molecule has 0 aromatic carbocycles. The van der Waals surface area contributed by atoms with Crippen LogP contribution in [-0.4, -0.2) is 11.6 Å². The number of pyridine rings is 1. The number of hydrogen-bond donors (Lipinski definition) is 0. The molecule has 0 bridgehead atoms. The van der Waals surface area contributed by atoms with E-state index in [-0.39, 0.29) is 5.75 Å². The molecule has 1 aromatic heterocycles. The van der Waals surface area contributed by atoms with Crippen molar-refractivity contribution in [2.45, 2.75) is 20.5 Å². The van der Waals surface area contributed by atoms with Crippen LogP contribution in [0, 0.1) is 13.8 Å². The molecule has 0 fully saturated rings. The fourth-order valence-corrected chi connectivity index (χ4v) is 0.967. The van der Waals surface area contributed by atoms with Crippen molar-refractivity contribution in [3.05, 3.63) is 23.5 Å². The minimum absolute atomic E-state index is 0.162. The average molecular weight is 173 g/mol. The lowest BCUT2D eigenvalue weighted by Crippen LogP contribution is -2.02. The van der Waals surface area contributed by atoms with Crippen molar-refractivity contribution in [3.63, 3.8) is 0 Å². The first-order valence-electron chi connectivity index (χ1n) is 3.48. The molecular formula is C8H9F2NO. The van der Waals surface area contributed by atoms with Crippen molar-refractivity contribution in [2.24, 2.45) is 0 Å². The van der Waals surface area contributed by atoms with Crippen molar-refractivity contribution in [3.8, 4) is 5.75 Å². The maximum atomic E-state index is 11.7. The molecule has 4 heteroatoms. The first-order chi connectivity index (χ1) is 5.58. The third-order valence-corrected chi connectivity index (χ3v) is 1.28. The summed E-state index contributed by atoms with van der Waals surface area (Å²) in [6, 6.07) is 2.94. The van der Waals surface area contributed by atoms with Crippen LogP contribution in [0.2, 0.25) is 0 Å². The summed E-state index contributed by atoms with van der Waals surface area (Å²) in [6.07, 6.45) is 0. The number of halogens is 2. The number of hydrogen-bond acceptors (Lipinski definition) is 2. The van der Waals surface area contributed by atoms with Crippen molar-refractivity contribution >= 4 is 0 Å². The second-order valence-corrected chi connectivity index (χ2v) is 2.46. The van der Waals surface area contributed by atoms with Gasteiger partial charge in [0.1, 0.15) is 5.75 Å². The van der Waals surface area contributed by atoms with E-state index in [2.05, 4.69) is 9.72 Å². The summed E-state index contributed by atoms with van der Waals surface area (Å²) in [4.78, 5) is 4.02. The highest BCUT2D eigenvalue weighted by atomic mass is 19.3. The Kier molecular flexibility index (Phi) is 2.58. The predicted molar refractivity (Wildman–Crippen MR) is 40.3 cm³/mol. The van der Waals surface area contributed by atoms with E-state index in [0.717, 1.165) is 0 Å². The van der Waals surface area contributed by atoms with Crippen LogP contribution in [0.5, 0.6) is 5.75 Å². The van der Waals surface area contributed by atoms with Crippen molar-refractivity contribution in [1.29, 1.82) is 0 Å². The van der Waals surface area contributed by atoms with Crippen LogP contribution in [0.25, 0.3) is 0 Å². The SMILES string of the molecule is Cc1cc(OC(F)F)cc(C)n1. The number of ether oxygens (including phenoxy) is 1. The lowest BCUT2D eigenvalue weighted by molar-refractivity contribution is -0.0499. The van der Waals surface area contributed by atoms with Crippen LogP contribution in [0.1, 0.15) is 11.4 Å². The lowest BCUT2D eigenvalue weighted by atomic mass is 10.3. The van der Waals surface area contributed by atoms with Crippen LogP contribution in [0.3, 0.4) is 0 Å². The Morgan fingerprint density at radius 1 is 1.25 bits per heavy atom. The summed E-state index contributed by atoms with van der Waals surface area (Å²) in [7, 11) is 0. The van der Waals surface area contributed by atoms with E-state index in [1.165, 1.54) is 12.1 Å². The molecule has 0 unspecified atom stereocenters. The smallest absolute Gasteiger partial charge is 0.387 e. The quantitative estimate of drug-likeness (QED) is 0.684. The Morgan fingerprint density at radius 2 is 1.75 bits per heavy atom. The molecule has 0 aliphatic carbocycles. The van der Waals surface area contributed by atoms with Gasteiger partial charge in [-0.2, -0.15) is 8.78 Å². The molecule has 0 saturated carbocycles. The largest absolute Gasteiger partial charge is 0.435 e. The lowest BCUT2D eigenvalue weighted by Gasteiger charge is -2.05. The molecule has 1 aromatic rings. The molecule has 0 radical (unpaired) electrons. The molecule has 66 valence electrons. The van der Waals surface area contributed by atoms with E-state index in [1.54, 1.807) is 13.8 Å². The summed E-state index contributed by atoms with van der Waals surface area (Å²) in [5, 5.41) is 0. The summed E-state index contributed by atoms with van der Waals surface area (Å²) < 4.78 is 27.7. The second-order valence-electron chi connectivity index (χ2n) is 2.46. The molecule has 0 atom stereocenters. The Morgan fingerprint density at radius 3 is 2.17 bits per heavy atom. The Labute approximate surface area is 69.2 Å². The molecule has 1 heterocycles. The van der Waals surface area contributed by atoms with Gasteiger partial charge in [0.15, 0.2) is 0 Å². The highest BCUT2D eigenvalue weighted by molar-refractivity contribution is 5.25. The molecule has 0 aliphatic rings. The van der Waals surface area contributed by atoms with Gasteiger partial charge in [-0.15, -0.1) is 0 Å². The number of aromatic nitrogens is 1. The highest BCUT2D eigenvalue weighted by Crippen LogP contribution is 2.15. The van der Waals surface area contributed by atoms with Gasteiger partial charge in [-0.25, -0.2) is 0 Å². The van der Waals surface area contributed by atoms with E-state index >= 15 is 0 Å². The van der Waals surface area contributed by atoms with Crippen molar-refractivity contribution in [2.75, 3.05) is 0 Å². The van der Waals surface area contributed by atoms with Gasteiger partial charge in [-0.05, 0) is 13.8 Å². The zero-order valence-corrected chi connectivity index (χ0v) is 6.84. The predicted octanol–water partition coefficient (Wildman–Crippen LogP) is 2.30. The minimum Gasteiger partial charge on any atom is -0.435 e. The van der Waals surface area contributed by atoms with Gasteiger partial charge in [-0.1, -0.05) is 0 Å². The molecule has 12 heavy (non-hydrogen) atoms. The maximum absolute atomic E-state index is 11.7. The third-order valence-electron chi connectivity index (χ3n) is 1.28. The van der Waals surface area contributed by atoms with E-state index in [1.807, 2.05) is 0 Å². The molecular weight excluding hydrogens is 164 g/mol. The van der Waals surface area contributed by atoms with Gasteiger partial charge < -0.3 is 4.74 Å². The number of alkyl halides is 2. The molecule has 0 amide bonds. The average Bonchev–Trinajstić information content (AvgIpc) is 1.81. The van der Waals surface area contributed by atoms with Gasteiger partial charge in [0.2, 0.25) is 0 Å². The summed E-state index contributed by atoms with van der Waals surface area (Å²) >= 11 is 0. The first-order valence-corrected chi connectivity index (χ1v) is 3.48. The molecule has 2 nitrogen and oxygen atoms in total. The van der Waals surface area contributed by atoms with Gasteiger partial charge in [-0.3, -0.25) is 4.98 Å². The summed E-state index contributed by atoms with van der Waals surface area (Å²) in [5.41, 5.74) is 1.34. The molecule has 0 spiro atoms. The summed E-state index contributed by atoms with van der Waals surface area (Å²) in [5.74, 6) is 0.162. The molecule has 1 rings (SSSR count). The Bertz CT molecular complexity index is 256. The van der Waals surface area contributed by atoms with E-state index in [9.17, 15) is 8.78 Å². The minimum atomic E-state index is -2.77. The second kappa shape index (κ2) is 3.47. The van der Waals surface area contributed by atoms with Crippen LogP contribution < -0.4 is 4.74 Å². The summed E-state index contributed by atoms with van der Waals surface area (Å²) in [6.45, 7) is 0.683. The molecule has 0 N–H and O–H groups in total. The first kappa shape index (κ1) is 8.90. The Hall–Kier alpha value is -1.19. The van der Waals surface area contributed by atoms with E-state index < -0.39 is 6.61 Å². The monoisotopic (exact) mass is 173 g/mol. The molecule has 0 saturated heterocycles. The molecule has 0 aliphatic heterocycles. The van der Waals surface area contributed by atoms with Crippen molar-refractivity contribution in [1.82, 2.24) is 4.98 Å². The van der Waals surface area contributed by atoms with E-state index in [4.69, 9.17) is 0 Å². The van der Waals surface area contributed by atoms with Gasteiger partial charge in [0, 0.05) is 23.5 Å². The van der Waals surface area contributed by atoms with Crippen LogP contribution in [0.15, 0.2) is 12.1 Å². The number of rotatable bonds is 2. The Balaban J connectivity index is 2.85. The third kappa shape index (κ3) is 2.45. The standard InChI is InChI=1S/C8H9F2NO/c1-5-3-7(12-8(9)10)4-6(2)11-5/h3-4,8H,1-2H3. The van der Waals surface area contributed by atoms with Crippen LogP contribution in [0.4, 0.5) is 8.78 Å². The maximum Gasteiger partial charge on any atom is 0.387 e. The topological polar surface area (TPSA) is 22.1 Å². The number of aryl methyl sites for hydroxylation is 2. The fourth-order valence-electron chi connectivity index (χ4n) is 0.967. The zero-order chi connectivity index (χ0) is 9.14. The van der Waals surface area contributed by atoms with Gasteiger partial charge in [0.25, 0.3) is 0 Å². The number of nitrogens with zero attached hydrogens (tertiary/aromatic N) is 1. The van der Waals surface area contributed by atoms with Crippen LogP contribution >= 0.6 is 0 Å². The van der Waals surface area contributed by atoms with E-state index in [0.29, 0.717) is 11.4 Å². The van der Waals surface area contributed by atoms with Gasteiger partial charge >= 0.3 is 6.61 Å².